The summed E-state index contributed by atoms with van der Waals surface area (Å²) in [5.74, 6) is 1.05. The van der Waals surface area contributed by atoms with Crippen LogP contribution in [0.4, 0.5) is 0 Å². The molecule has 1 aromatic rings. The van der Waals surface area contributed by atoms with Gasteiger partial charge in [-0.05, 0) is 28.8 Å². The lowest BCUT2D eigenvalue weighted by molar-refractivity contribution is 0.357. The fourth-order valence-corrected chi connectivity index (χ4v) is 2.00. The molecule has 15 heavy (non-hydrogen) atoms. The Bertz CT molecular complexity index is 435. The van der Waals surface area contributed by atoms with E-state index < -0.39 is 0 Å². The van der Waals surface area contributed by atoms with Gasteiger partial charge >= 0.3 is 0 Å². The largest absolute Gasteiger partial charge is 0.493 e. The van der Waals surface area contributed by atoms with Gasteiger partial charge in [-0.1, -0.05) is 36.5 Å². The average Bonchev–Trinajstić information content (AvgIpc) is 2.64. The van der Waals surface area contributed by atoms with Crippen molar-refractivity contribution in [2.45, 2.75) is 6.42 Å². The molecule has 0 unspecified atom stereocenters. The summed E-state index contributed by atoms with van der Waals surface area (Å²) < 4.78 is 5.56. The predicted octanol–water partition coefficient (Wildman–Crippen LogP) is 3.22. The Morgan fingerprint density at radius 2 is 1.60 bits per heavy atom. The maximum Gasteiger partial charge on any atom is 0.123 e. The maximum atomic E-state index is 5.56. The van der Waals surface area contributed by atoms with Crippen LogP contribution in [0.3, 0.4) is 0 Å². The fourth-order valence-electron chi connectivity index (χ4n) is 2.00. The normalized spacial score (nSPS) is 16.5. The molecule has 3 rings (SSSR count). The molecule has 1 aliphatic carbocycles. The second kappa shape index (κ2) is 3.43. The summed E-state index contributed by atoms with van der Waals surface area (Å²) in [5, 5.41) is 0. The van der Waals surface area contributed by atoms with E-state index >= 15 is 0 Å². The van der Waals surface area contributed by atoms with Crippen molar-refractivity contribution in [1.82, 2.24) is 0 Å². The molecular formula is C14H12O. The highest BCUT2D eigenvalue weighted by molar-refractivity contribution is 5.70. The minimum Gasteiger partial charge on any atom is -0.493 e. The lowest BCUT2D eigenvalue weighted by Crippen LogP contribution is -1.87. The van der Waals surface area contributed by atoms with Gasteiger partial charge in [-0.25, -0.2) is 0 Å². The minimum absolute atomic E-state index is 0.823. The van der Waals surface area contributed by atoms with E-state index in [0.29, 0.717) is 0 Å². The molecule has 0 saturated carbocycles. The summed E-state index contributed by atoms with van der Waals surface area (Å²) in [5.41, 5.74) is 3.84. The van der Waals surface area contributed by atoms with Crippen molar-refractivity contribution in [2.75, 3.05) is 6.61 Å². The van der Waals surface area contributed by atoms with Gasteiger partial charge in [-0.3, -0.25) is 0 Å². The van der Waals surface area contributed by atoms with E-state index in [9.17, 15) is 0 Å². The average molecular weight is 196 g/mol. The molecule has 0 bridgehead atoms. The number of ether oxygens (including phenoxy) is 1. The van der Waals surface area contributed by atoms with E-state index in [0.717, 1.165) is 18.8 Å². The first kappa shape index (κ1) is 8.54. The number of hydrogen-bond donors (Lipinski definition) is 0. The Labute approximate surface area is 89.4 Å². The molecule has 1 heteroatoms. The summed E-state index contributed by atoms with van der Waals surface area (Å²) in [4.78, 5) is 0. The first-order valence-electron chi connectivity index (χ1n) is 5.25. The monoisotopic (exact) mass is 196 g/mol. The van der Waals surface area contributed by atoms with E-state index in [2.05, 4.69) is 36.4 Å². The van der Waals surface area contributed by atoms with Crippen LogP contribution in [0.5, 0.6) is 5.75 Å². The molecule has 0 N–H and O–H groups in total. The van der Waals surface area contributed by atoms with Crippen LogP contribution in [0.2, 0.25) is 0 Å². The molecule has 0 aromatic heterocycles. The van der Waals surface area contributed by atoms with Crippen LogP contribution in [0, 0.1) is 0 Å². The third kappa shape index (κ3) is 1.50. The van der Waals surface area contributed by atoms with Crippen molar-refractivity contribution in [3.63, 3.8) is 0 Å². The van der Waals surface area contributed by atoms with E-state index in [1.54, 1.807) is 0 Å². The molecule has 1 aromatic carbocycles. The second-order valence-corrected chi connectivity index (χ2v) is 3.79. The van der Waals surface area contributed by atoms with E-state index in [1.165, 1.54) is 16.7 Å². The van der Waals surface area contributed by atoms with Crippen molar-refractivity contribution in [1.29, 1.82) is 0 Å². The van der Waals surface area contributed by atoms with Crippen LogP contribution in [0.1, 0.15) is 16.7 Å². The molecule has 1 aliphatic heterocycles. The zero-order valence-electron chi connectivity index (χ0n) is 8.44. The van der Waals surface area contributed by atoms with Crippen LogP contribution in [-0.4, -0.2) is 6.61 Å². The smallest absolute Gasteiger partial charge is 0.123 e. The van der Waals surface area contributed by atoms with Gasteiger partial charge in [0.15, 0.2) is 0 Å². The van der Waals surface area contributed by atoms with E-state index in [-0.39, 0.29) is 0 Å². The number of benzene rings is 1. The van der Waals surface area contributed by atoms with Gasteiger partial charge in [0, 0.05) is 6.42 Å². The van der Waals surface area contributed by atoms with Crippen molar-refractivity contribution < 1.29 is 4.74 Å². The summed E-state index contributed by atoms with van der Waals surface area (Å²) in [6.07, 6.45) is 13.5. The summed E-state index contributed by atoms with van der Waals surface area (Å²) in [6.45, 7) is 0.823. The lowest BCUT2D eigenvalue weighted by atomic mass is 10.0. The van der Waals surface area contributed by atoms with Gasteiger partial charge in [0.2, 0.25) is 0 Å². The van der Waals surface area contributed by atoms with Gasteiger partial charge < -0.3 is 4.74 Å². The summed E-state index contributed by atoms with van der Waals surface area (Å²) in [6, 6.07) is 4.37. The highest BCUT2D eigenvalue weighted by Crippen LogP contribution is 2.30. The SMILES string of the molecule is C1=CC=Cc2cc3c(cc2C=C1)CCO3. The molecule has 2 aliphatic rings. The quantitative estimate of drug-likeness (QED) is 0.619. The summed E-state index contributed by atoms with van der Waals surface area (Å²) >= 11 is 0. The first-order chi connectivity index (χ1) is 7.43. The number of rotatable bonds is 0. The number of hydrogen-bond acceptors (Lipinski definition) is 1. The van der Waals surface area contributed by atoms with Crippen LogP contribution in [0.25, 0.3) is 12.2 Å². The number of allylic oxidation sites excluding steroid dienone is 4. The topological polar surface area (TPSA) is 9.23 Å². The Hall–Kier alpha value is -1.76. The molecule has 1 heterocycles. The van der Waals surface area contributed by atoms with Crippen molar-refractivity contribution in [3.05, 3.63) is 53.1 Å². The van der Waals surface area contributed by atoms with Gasteiger partial charge in [0.1, 0.15) is 5.75 Å². The highest BCUT2D eigenvalue weighted by atomic mass is 16.5. The molecule has 0 saturated heterocycles. The second-order valence-electron chi connectivity index (χ2n) is 3.79. The van der Waals surface area contributed by atoms with Gasteiger partial charge in [0.25, 0.3) is 0 Å². The van der Waals surface area contributed by atoms with Gasteiger partial charge in [-0.15, -0.1) is 0 Å². The van der Waals surface area contributed by atoms with Crippen LogP contribution < -0.4 is 4.74 Å². The van der Waals surface area contributed by atoms with Crippen molar-refractivity contribution >= 4 is 12.2 Å². The summed E-state index contributed by atoms with van der Waals surface area (Å²) in [7, 11) is 0. The van der Waals surface area contributed by atoms with E-state index in [1.807, 2.05) is 12.2 Å². The van der Waals surface area contributed by atoms with Crippen LogP contribution in [0.15, 0.2) is 36.4 Å². The highest BCUT2D eigenvalue weighted by Gasteiger charge is 2.13. The minimum atomic E-state index is 0.823. The van der Waals surface area contributed by atoms with Crippen molar-refractivity contribution in [2.24, 2.45) is 0 Å². The molecule has 74 valence electrons. The van der Waals surface area contributed by atoms with Crippen LogP contribution >= 0.6 is 0 Å². The molecule has 1 nitrogen and oxygen atoms in total. The lowest BCUT2D eigenvalue weighted by Gasteiger charge is -2.06. The third-order valence-corrected chi connectivity index (χ3v) is 2.78. The Morgan fingerprint density at radius 1 is 0.867 bits per heavy atom. The Morgan fingerprint density at radius 3 is 2.40 bits per heavy atom. The maximum absolute atomic E-state index is 5.56. The van der Waals surface area contributed by atoms with Crippen LogP contribution in [-0.2, 0) is 6.42 Å². The Kier molecular flexibility index (Phi) is 1.95. The molecule has 0 amide bonds. The molecular weight excluding hydrogens is 184 g/mol. The molecule has 0 radical (unpaired) electrons. The molecule has 0 fully saturated rings. The zero-order valence-corrected chi connectivity index (χ0v) is 8.44. The van der Waals surface area contributed by atoms with E-state index in [4.69, 9.17) is 4.74 Å². The van der Waals surface area contributed by atoms with Gasteiger partial charge in [-0.2, -0.15) is 0 Å². The Balaban J connectivity index is 2.17. The van der Waals surface area contributed by atoms with Crippen molar-refractivity contribution in [3.8, 4) is 5.75 Å². The standard InChI is InChI=1S/C14H12O/c1-2-4-6-12-10-14-13(7-8-15-14)9-11(12)5-3-1/h1-6,9-10H,7-8H2. The van der Waals surface area contributed by atoms with Gasteiger partial charge in [0.05, 0.1) is 6.61 Å². The first-order valence-corrected chi connectivity index (χ1v) is 5.25. The predicted molar refractivity (Wildman–Crippen MR) is 62.8 cm³/mol. The molecule has 0 spiro atoms. The number of fused-ring (bicyclic) bond motifs is 2. The third-order valence-electron chi connectivity index (χ3n) is 2.78. The zero-order chi connectivity index (χ0) is 10.1. The fraction of sp³-hybridized carbons (Fsp3) is 0.143. The molecule has 0 atom stereocenters.